The van der Waals surface area contributed by atoms with Gasteiger partial charge in [0, 0.05) is 12.3 Å². The molecule has 1 rings (SSSR count). The topological polar surface area (TPSA) is 61.5 Å². The Morgan fingerprint density at radius 2 is 2.00 bits per heavy atom. The monoisotopic (exact) mass is 237 g/mol. The molecule has 4 heteroatoms. The molecule has 0 spiro atoms. The van der Waals surface area contributed by atoms with Gasteiger partial charge in [0.25, 0.3) is 0 Å². The van der Waals surface area contributed by atoms with Gasteiger partial charge in [0.05, 0.1) is 12.2 Å². The quantitative estimate of drug-likeness (QED) is 0.449. The second-order valence-electron chi connectivity index (χ2n) is 3.69. The first-order valence-electron chi connectivity index (χ1n) is 5.85. The first-order valence-corrected chi connectivity index (χ1v) is 5.85. The molecule has 94 valence electrons. The zero-order valence-corrected chi connectivity index (χ0v) is 10.1. The average Bonchev–Trinajstić information content (AvgIpc) is 2.34. The molecule has 2 N–H and O–H groups in total. The Kier molecular flexibility index (Phi) is 6.10. The van der Waals surface area contributed by atoms with E-state index >= 15 is 0 Å². The fourth-order valence-corrected chi connectivity index (χ4v) is 1.30. The predicted octanol–water partition coefficient (Wildman–Crippen LogP) is 2.24. The molecule has 1 aromatic rings. The van der Waals surface area contributed by atoms with E-state index in [1.54, 1.807) is 24.3 Å². The number of nitrogen functional groups attached to an aromatic ring is 1. The molecule has 0 radical (unpaired) electrons. The number of hydrogen-bond donors (Lipinski definition) is 1. The highest BCUT2D eigenvalue weighted by atomic mass is 16.6. The Balaban J connectivity index is 2.24. The SMILES string of the molecule is CCCCOCCOC(=O)c1ccccc1N. The fourth-order valence-electron chi connectivity index (χ4n) is 1.30. The van der Waals surface area contributed by atoms with Crippen molar-refractivity contribution >= 4 is 11.7 Å². The molecule has 0 aromatic heterocycles. The lowest BCUT2D eigenvalue weighted by atomic mass is 10.2. The number of carbonyl (C=O) groups excluding carboxylic acids is 1. The number of anilines is 1. The maximum Gasteiger partial charge on any atom is 0.340 e. The van der Waals surface area contributed by atoms with Crippen LogP contribution in [-0.2, 0) is 9.47 Å². The van der Waals surface area contributed by atoms with E-state index in [0.29, 0.717) is 24.5 Å². The molecule has 0 atom stereocenters. The summed E-state index contributed by atoms with van der Waals surface area (Å²) in [7, 11) is 0. The molecule has 0 aliphatic heterocycles. The van der Waals surface area contributed by atoms with Gasteiger partial charge in [-0.05, 0) is 18.6 Å². The first-order chi connectivity index (χ1) is 8.25. The van der Waals surface area contributed by atoms with Gasteiger partial charge in [-0.25, -0.2) is 4.79 Å². The van der Waals surface area contributed by atoms with Crippen molar-refractivity contribution < 1.29 is 14.3 Å². The van der Waals surface area contributed by atoms with Crippen LogP contribution in [0.25, 0.3) is 0 Å². The summed E-state index contributed by atoms with van der Waals surface area (Å²) in [6.45, 7) is 3.50. The summed E-state index contributed by atoms with van der Waals surface area (Å²) in [6, 6.07) is 6.86. The number of nitrogens with two attached hydrogens (primary N) is 1. The smallest absolute Gasteiger partial charge is 0.340 e. The van der Waals surface area contributed by atoms with Crippen LogP contribution in [0.2, 0.25) is 0 Å². The summed E-state index contributed by atoms with van der Waals surface area (Å²) in [4.78, 5) is 11.6. The highest BCUT2D eigenvalue weighted by Gasteiger charge is 2.09. The summed E-state index contributed by atoms with van der Waals surface area (Å²) in [5.74, 6) is -0.401. The van der Waals surface area contributed by atoms with E-state index in [4.69, 9.17) is 15.2 Å². The zero-order valence-electron chi connectivity index (χ0n) is 10.1. The Labute approximate surface area is 102 Å². The third-order valence-electron chi connectivity index (χ3n) is 2.28. The standard InChI is InChI=1S/C13H19NO3/c1-2-3-8-16-9-10-17-13(15)11-6-4-5-7-12(11)14/h4-7H,2-3,8-10,14H2,1H3. The van der Waals surface area contributed by atoms with Crippen molar-refractivity contribution in [3.8, 4) is 0 Å². The lowest BCUT2D eigenvalue weighted by Crippen LogP contribution is -2.12. The summed E-state index contributed by atoms with van der Waals surface area (Å²) < 4.78 is 10.3. The van der Waals surface area contributed by atoms with Crippen LogP contribution in [0.3, 0.4) is 0 Å². The maximum atomic E-state index is 11.6. The third kappa shape index (κ3) is 4.87. The van der Waals surface area contributed by atoms with E-state index in [2.05, 4.69) is 6.92 Å². The van der Waals surface area contributed by atoms with Crippen LogP contribution in [0, 0.1) is 0 Å². The second kappa shape index (κ2) is 7.68. The van der Waals surface area contributed by atoms with E-state index in [9.17, 15) is 4.79 Å². The number of rotatable bonds is 7. The molecular weight excluding hydrogens is 218 g/mol. The van der Waals surface area contributed by atoms with E-state index in [1.165, 1.54) is 0 Å². The molecule has 17 heavy (non-hydrogen) atoms. The molecule has 0 fully saturated rings. The molecule has 4 nitrogen and oxygen atoms in total. The van der Waals surface area contributed by atoms with Gasteiger partial charge in [-0.1, -0.05) is 25.5 Å². The van der Waals surface area contributed by atoms with Crippen LogP contribution in [-0.4, -0.2) is 25.8 Å². The molecule has 0 heterocycles. The van der Waals surface area contributed by atoms with E-state index in [1.807, 2.05) is 0 Å². The van der Waals surface area contributed by atoms with Crippen LogP contribution in [0.4, 0.5) is 5.69 Å². The molecular formula is C13H19NO3. The van der Waals surface area contributed by atoms with Crippen molar-refractivity contribution in [2.45, 2.75) is 19.8 Å². The van der Waals surface area contributed by atoms with Crippen molar-refractivity contribution in [3.05, 3.63) is 29.8 Å². The minimum absolute atomic E-state index is 0.261. The van der Waals surface area contributed by atoms with Gasteiger partial charge in [0.1, 0.15) is 6.61 Å². The summed E-state index contributed by atoms with van der Waals surface area (Å²) in [5.41, 5.74) is 6.50. The molecule has 0 saturated carbocycles. The van der Waals surface area contributed by atoms with Gasteiger partial charge in [-0.3, -0.25) is 0 Å². The highest BCUT2D eigenvalue weighted by molar-refractivity contribution is 5.94. The average molecular weight is 237 g/mol. The van der Waals surface area contributed by atoms with E-state index in [0.717, 1.165) is 12.8 Å². The molecule has 0 unspecified atom stereocenters. The zero-order chi connectivity index (χ0) is 12.5. The van der Waals surface area contributed by atoms with Gasteiger partial charge < -0.3 is 15.2 Å². The van der Waals surface area contributed by atoms with Crippen molar-refractivity contribution in [2.75, 3.05) is 25.6 Å². The lowest BCUT2D eigenvalue weighted by Gasteiger charge is -2.07. The van der Waals surface area contributed by atoms with E-state index < -0.39 is 5.97 Å². The number of hydrogen-bond acceptors (Lipinski definition) is 4. The Hall–Kier alpha value is -1.55. The van der Waals surface area contributed by atoms with Crippen LogP contribution in [0.1, 0.15) is 30.1 Å². The third-order valence-corrected chi connectivity index (χ3v) is 2.28. The minimum atomic E-state index is -0.401. The van der Waals surface area contributed by atoms with Gasteiger partial charge in [0.15, 0.2) is 0 Å². The predicted molar refractivity (Wildman–Crippen MR) is 66.9 cm³/mol. The Bertz CT molecular complexity index is 352. The van der Waals surface area contributed by atoms with Gasteiger partial charge in [0.2, 0.25) is 0 Å². The van der Waals surface area contributed by atoms with Gasteiger partial charge in [-0.15, -0.1) is 0 Å². The number of para-hydroxylation sites is 1. The van der Waals surface area contributed by atoms with Crippen molar-refractivity contribution in [3.63, 3.8) is 0 Å². The number of carbonyl (C=O) groups is 1. The highest BCUT2D eigenvalue weighted by Crippen LogP contribution is 2.11. The van der Waals surface area contributed by atoms with Crippen molar-refractivity contribution in [1.82, 2.24) is 0 Å². The van der Waals surface area contributed by atoms with Gasteiger partial charge >= 0.3 is 5.97 Å². The van der Waals surface area contributed by atoms with Crippen molar-refractivity contribution in [1.29, 1.82) is 0 Å². The minimum Gasteiger partial charge on any atom is -0.460 e. The van der Waals surface area contributed by atoms with Crippen LogP contribution in [0.15, 0.2) is 24.3 Å². The Morgan fingerprint density at radius 1 is 1.24 bits per heavy atom. The van der Waals surface area contributed by atoms with Crippen LogP contribution in [0.5, 0.6) is 0 Å². The number of unbranched alkanes of at least 4 members (excludes halogenated alkanes) is 1. The molecule has 0 saturated heterocycles. The van der Waals surface area contributed by atoms with Gasteiger partial charge in [-0.2, -0.15) is 0 Å². The van der Waals surface area contributed by atoms with Crippen molar-refractivity contribution in [2.24, 2.45) is 0 Å². The van der Waals surface area contributed by atoms with E-state index in [-0.39, 0.29) is 6.61 Å². The second-order valence-corrected chi connectivity index (χ2v) is 3.69. The number of ether oxygens (including phenoxy) is 2. The largest absolute Gasteiger partial charge is 0.460 e. The lowest BCUT2D eigenvalue weighted by molar-refractivity contribution is 0.0315. The summed E-state index contributed by atoms with van der Waals surface area (Å²) in [5, 5.41) is 0. The van der Waals surface area contributed by atoms with Crippen LogP contribution >= 0.6 is 0 Å². The molecule has 0 aliphatic carbocycles. The summed E-state index contributed by atoms with van der Waals surface area (Å²) >= 11 is 0. The number of esters is 1. The molecule has 0 bridgehead atoms. The molecule has 1 aromatic carbocycles. The first kappa shape index (κ1) is 13.5. The maximum absolute atomic E-state index is 11.6. The molecule has 0 amide bonds. The summed E-state index contributed by atoms with van der Waals surface area (Å²) in [6.07, 6.45) is 2.12. The normalized spacial score (nSPS) is 10.2. The Morgan fingerprint density at radius 3 is 2.71 bits per heavy atom. The molecule has 0 aliphatic rings. The fraction of sp³-hybridized carbons (Fsp3) is 0.462. The van der Waals surface area contributed by atoms with Crippen LogP contribution < -0.4 is 5.73 Å². The number of benzene rings is 1.